The highest BCUT2D eigenvalue weighted by molar-refractivity contribution is 5.73. The SMILES string of the molecule is CCCCCOC(=NCCN1CCOCC1)NC1CCCCC1. The van der Waals surface area contributed by atoms with Gasteiger partial charge in [0.05, 0.1) is 26.4 Å². The molecule has 1 heterocycles. The zero-order valence-corrected chi connectivity index (χ0v) is 14.9. The molecule has 0 bridgehead atoms. The third kappa shape index (κ3) is 8.02. The van der Waals surface area contributed by atoms with Gasteiger partial charge in [-0.15, -0.1) is 0 Å². The highest BCUT2D eigenvalue weighted by Gasteiger charge is 2.15. The van der Waals surface area contributed by atoms with Crippen molar-refractivity contribution < 1.29 is 9.47 Å². The first kappa shape index (κ1) is 18.5. The lowest BCUT2D eigenvalue weighted by atomic mass is 9.96. The van der Waals surface area contributed by atoms with Crippen molar-refractivity contribution in [3.05, 3.63) is 0 Å². The number of hydrogen-bond donors (Lipinski definition) is 1. The minimum Gasteiger partial charge on any atom is -0.465 e. The van der Waals surface area contributed by atoms with Gasteiger partial charge in [-0.2, -0.15) is 0 Å². The van der Waals surface area contributed by atoms with E-state index in [2.05, 4.69) is 17.1 Å². The highest BCUT2D eigenvalue weighted by Crippen LogP contribution is 2.17. The third-order valence-electron chi connectivity index (χ3n) is 4.69. The molecule has 2 fully saturated rings. The Morgan fingerprint density at radius 1 is 1.17 bits per heavy atom. The summed E-state index contributed by atoms with van der Waals surface area (Å²) in [4.78, 5) is 7.13. The molecule has 0 aromatic carbocycles. The van der Waals surface area contributed by atoms with Crippen molar-refractivity contribution in [3.63, 3.8) is 0 Å². The Labute approximate surface area is 141 Å². The monoisotopic (exact) mass is 325 g/mol. The Hall–Kier alpha value is -0.810. The van der Waals surface area contributed by atoms with Gasteiger partial charge in [0, 0.05) is 25.7 Å². The summed E-state index contributed by atoms with van der Waals surface area (Å²) in [6.45, 7) is 8.56. The summed E-state index contributed by atoms with van der Waals surface area (Å²) in [7, 11) is 0. The topological polar surface area (TPSA) is 46.1 Å². The van der Waals surface area contributed by atoms with Crippen molar-refractivity contribution in [2.45, 2.75) is 64.3 Å². The first-order chi connectivity index (χ1) is 11.4. The summed E-state index contributed by atoms with van der Waals surface area (Å²) >= 11 is 0. The van der Waals surface area contributed by atoms with Gasteiger partial charge in [-0.05, 0) is 19.3 Å². The van der Waals surface area contributed by atoms with Gasteiger partial charge in [0.25, 0.3) is 6.02 Å². The molecular formula is C18H35N3O2. The molecule has 0 radical (unpaired) electrons. The molecule has 0 aromatic heterocycles. The summed E-state index contributed by atoms with van der Waals surface area (Å²) in [5.74, 6) is 0. The van der Waals surface area contributed by atoms with Gasteiger partial charge in [-0.3, -0.25) is 4.90 Å². The van der Waals surface area contributed by atoms with Crippen LogP contribution in [0.4, 0.5) is 0 Å². The van der Waals surface area contributed by atoms with Crippen molar-refractivity contribution in [2.24, 2.45) is 4.99 Å². The van der Waals surface area contributed by atoms with E-state index in [1.165, 1.54) is 44.9 Å². The molecule has 23 heavy (non-hydrogen) atoms. The van der Waals surface area contributed by atoms with E-state index in [1.54, 1.807) is 0 Å². The molecular weight excluding hydrogens is 290 g/mol. The average molecular weight is 325 g/mol. The Morgan fingerprint density at radius 3 is 2.70 bits per heavy atom. The van der Waals surface area contributed by atoms with Crippen LogP contribution in [0.25, 0.3) is 0 Å². The number of morpholine rings is 1. The molecule has 5 nitrogen and oxygen atoms in total. The zero-order valence-electron chi connectivity index (χ0n) is 14.9. The molecule has 1 aliphatic heterocycles. The fraction of sp³-hybridized carbons (Fsp3) is 0.944. The van der Waals surface area contributed by atoms with E-state index in [0.717, 1.165) is 58.4 Å². The standard InChI is InChI=1S/C18H35N3O2/c1-2-3-7-14-23-18(20-17-8-5-4-6-9-17)19-10-11-21-12-15-22-16-13-21/h17H,2-16H2,1H3,(H,19,20). The number of aliphatic imine (C=N–C) groups is 1. The van der Waals surface area contributed by atoms with Gasteiger partial charge in [0.15, 0.2) is 0 Å². The zero-order chi connectivity index (χ0) is 16.2. The largest absolute Gasteiger partial charge is 0.465 e. The second kappa shape index (κ2) is 11.7. The summed E-state index contributed by atoms with van der Waals surface area (Å²) in [5.41, 5.74) is 0. The molecule has 2 rings (SSSR count). The van der Waals surface area contributed by atoms with E-state index in [0.29, 0.717) is 6.04 Å². The van der Waals surface area contributed by atoms with Crippen LogP contribution in [0.2, 0.25) is 0 Å². The van der Waals surface area contributed by atoms with Gasteiger partial charge in [-0.25, -0.2) is 4.99 Å². The fourth-order valence-electron chi connectivity index (χ4n) is 3.19. The first-order valence-electron chi connectivity index (χ1n) is 9.62. The minimum absolute atomic E-state index is 0.553. The van der Waals surface area contributed by atoms with Crippen molar-refractivity contribution in [1.29, 1.82) is 0 Å². The van der Waals surface area contributed by atoms with Crippen LogP contribution in [-0.2, 0) is 9.47 Å². The van der Waals surface area contributed by atoms with Crippen LogP contribution in [0.1, 0.15) is 58.3 Å². The molecule has 0 spiro atoms. The van der Waals surface area contributed by atoms with Crippen molar-refractivity contribution in [1.82, 2.24) is 10.2 Å². The molecule has 0 unspecified atom stereocenters. The molecule has 1 N–H and O–H groups in total. The minimum atomic E-state index is 0.553. The maximum Gasteiger partial charge on any atom is 0.284 e. The summed E-state index contributed by atoms with van der Waals surface area (Å²) < 4.78 is 11.3. The number of hydrogen-bond acceptors (Lipinski definition) is 4. The number of nitrogens with one attached hydrogen (secondary N) is 1. The lowest BCUT2D eigenvalue weighted by Crippen LogP contribution is -2.40. The summed E-state index contributed by atoms with van der Waals surface area (Å²) in [5, 5.41) is 3.56. The van der Waals surface area contributed by atoms with E-state index >= 15 is 0 Å². The summed E-state index contributed by atoms with van der Waals surface area (Å²) in [6.07, 6.45) is 10.1. The van der Waals surface area contributed by atoms with Gasteiger partial charge in [0.2, 0.25) is 0 Å². The summed E-state index contributed by atoms with van der Waals surface area (Å²) in [6, 6.07) is 1.33. The smallest absolute Gasteiger partial charge is 0.284 e. The van der Waals surface area contributed by atoms with Gasteiger partial charge in [0.1, 0.15) is 0 Å². The van der Waals surface area contributed by atoms with Crippen molar-refractivity contribution >= 4 is 6.02 Å². The van der Waals surface area contributed by atoms with Crippen LogP contribution >= 0.6 is 0 Å². The number of unbranched alkanes of at least 4 members (excludes halogenated alkanes) is 2. The molecule has 0 atom stereocenters. The number of rotatable bonds is 8. The predicted octanol–water partition coefficient (Wildman–Crippen LogP) is 2.80. The fourth-order valence-corrected chi connectivity index (χ4v) is 3.19. The van der Waals surface area contributed by atoms with Crippen molar-refractivity contribution in [3.8, 4) is 0 Å². The molecule has 134 valence electrons. The number of ether oxygens (including phenoxy) is 2. The second-order valence-corrected chi connectivity index (χ2v) is 6.68. The van der Waals surface area contributed by atoms with Gasteiger partial charge in [-0.1, -0.05) is 39.0 Å². The molecule has 5 heteroatoms. The lowest BCUT2D eigenvalue weighted by molar-refractivity contribution is 0.0394. The van der Waals surface area contributed by atoms with Gasteiger partial charge >= 0.3 is 0 Å². The molecule has 2 aliphatic rings. The van der Waals surface area contributed by atoms with Gasteiger partial charge < -0.3 is 14.8 Å². The maximum atomic E-state index is 5.93. The quantitative estimate of drug-likeness (QED) is 0.423. The first-order valence-corrected chi connectivity index (χ1v) is 9.62. The molecule has 1 saturated heterocycles. The maximum absolute atomic E-state index is 5.93. The predicted molar refractivity (Wildman–Crippen MR) is 95.0 cm³/mol. The molecule has 1 aliphatic carbocycles. The van der Waals surface area contributed by atoms with E-state index in [1.807, 2.05) is 0 Å². The van der Waals surface area contributed by atoms with E-state index in [9.17, 15) is 0 Å². The lowest BCUT2D eigenvalue weighted by Gasteiger charge is -2.26. The molecule has 1 saturated carbocycles. The second-order valence-electron chi connectivity index (χ2n) is 6.68. The third-order valence-corrected chi connectivity index (χ3v) is 4.69. The Kier molecular flexibility index (Phi) is 9.41. The average Bonchev–Trinajstić information content (AvgIpc) is 2.60. The Morgan fingerprint density at radius 2 is 1.96 bits per heavy atom. The van der Waals surface area contributed by atoms with E-state index in [4.69, 9.17) is 14.5 Å². The van der Waals surface area contributed by atoms with E-state index in [-0.39, 0.29) is 0 Å². The van der Waals surface area contributed by atoms with Crippen LogP contribution in [0.5, 0.6) is 0 Å². The van der Waals surface area contributed by atoms with Crippen LogP contribution in [0.3, 0.4) is 0 Å². The molecule has 0 amide bonds. The van der Waals surface area contributed by atoms with Crippen LogP contribution in [-0.4, -0.2) is 63.0 Å². The molecule has 0 aromatic rings. The van der Waals surface area contributed by atoms with Crippen LogP contribution in [0.15, 0.2) is 4.99 Å². The van der Waals surface area contributed by atoms with E-state index < -0.39 is 0 Å². The Bertz CT molecular complexity index is 324. The van der Waals surface area contributed by atoms with Crippen molar-refractivity contribution in [2.75, 3.05) is 46.0 Å². The number of amidine groups is 1. The number of nitrogens with zero attached hydrogens (tertiary/aromatic N) is 2. The van der Waals surface area contributed by atoms with Crippen LogP contribution < -0.4 is 5.32 Å². The van der Waals surface area contributed by atoms with Crippen LogP contribution in [0, 0.1) is 0 Å². The highest BCUT2D eigenvalue weighted by atomic mass is 16.5. The normalized spacial score (nSPS) is 21.3. The Balaban J connectivity index is 1.74.